The number of benzene rings is 1. The van der Waals surface area contributed by atoms with Gasteiger partial charge in [-0.15, -0.1) is 0 Å². The van der Waals surface area contributed by atoms with Gasteiger partial charge in [-0.3, -0.25) is 9.59 Å². The van der Waals surface area contributed by atoms with Crippen molar-refractivity contribution in [1.82, 2.24) is 10.2 Å². The monoisotopic (exact) mass is 387 g/mol. The van der Waals surface area contributed by atoms with Crippen LogP contribution in [0.15, 0.2) is 18.2 Å². The van der Waals surface area contributed by atoms with Crippen LogP contribution in [0.3, 0.4) is 0 Å². The van der Waals surface area contributed by atoms with Crippen molar-refractivity contribution in [3.63, 3.8) is 0 Å². The van der Waals surface area contributed by atoms with Crippen LogP contribution in [-0.4, -0.2) is 63.7 Å². The molecule has 0 bridgehead atoms. The first-order chi connectivity index (χ1) is 13.5. The Morgan fingerprint density at radius 1 is 1.18 bits per heavy atom. The number of methoxy groups -OCH3 is 2. The van der Waals surface area contributed by atoms with Crippen molar-refractivity contribution in [3.05, 3.63) is 18.2 Å². The van der Waals surface area contributed by atoms with Gasteiger partial charge in [-0.05, 0) is 43.4 Å². The lowest BCUT2D eigenvalue weighted by Crippen LogP contribution is -2.46. The minimum Gasteiger partial charge on any atom is -0.497 e. The predicted molar refractivity (Wildman–Crippen MR) is 106 cm³/mol. The number of nitrogens with one attached hydrogen (secondary N) is 1. The number of hydrogen-bond donors (Lipinski definition) is 1. The summed E-state index contributed by atoms with van der Waals surface area (Å²) in [6.45, 7) is 4.17. The molecule has 3 heterocycles. The van der Waals surface area contributed by atoms with Gasteiger partial charge < -0.3 is 24.6 Å². The van der Waals surface area contributed by atoms with Crippen molar-refractivity contribution >= 4 is 17.5 Å². The Bertz CT molecular complexity index is 750. The van der Waals surface area contributed by atoms with Crippen molar-refractivity contribution < 1.29 is 19.1 Å². The van der Waals surface area contributed by atoms with Crippen molar-refractivity contribution in [3.8, 4) is 11.5 Å². The van der Waals surface area contributed by atoms with Gasteiger partial charge >= 0.3 is 0 Å². The predicted octanol–water partition coefficient (Wildman–Crippen LogP) is 1.66. The SMILES string of the molecule is COc1ccc(N2CC(C(=O)N3CCC4(CCNC4)CC3)CC2=O)c(OC)c1. The summed E-state index contributed by atoms with van der Waals surface area (Å²) in [5.74, 6) is 1.05. The molecule has 3 saturated heterocycles. The number of rotatable bonds is 4. The summed E-state index contributed by atoms with van der Waals surface area (Å²) < 4.78 is 10.7. The van der Waals surface area contributed by atoms with E-state index in [-0.39, 0.29) is 24.2 Å². The molecule has 1 spiro atoms. The number of nitrogens with zero attached hydrogens (tertiary/aromatic N) is 2. The van der Waals surface area contributed by atoms with Crippen LogP contribution < -0.4 is 19.7 Å². The van der Waals surface area contributed by atoms with Crippen LogP contribution in [0.4, 0.5) is 5.69 Å². The number of piperidine rings is 1. The number of ether oxygens (including phenoxy) is 2. The summed E-state index contributed by atoms with van der Waals surface area (Å²) in [4.78, 5) is 29.4. The molecular formula is C21H29N3O4. The first-order valence-electron chi connectivity index (χ1n) is 10.1. The highest BCUT2D eigenvalue weighted by Gasteiger charge is 2.42. The van der Waals surface area contributed by atoms with Gasteiger partial charge in [-0.2, -0.15) is 0 Å². The van der Waals surface area contributed by atoms with Gasteiger partial charge in [-0.1, -0.05) is 0 Å². The van der Waals surface area contributed by atoms with E-state index in [0.717, 1.165) is 39.0 Å². The average Bonchev–Trinajstić information content (AvgIpc) is 3.34. The second kappa shape index (κ2) is 7.62. The summed E-state index contributed by atoms with van der Waals surface area (Å²) in [6.07, 6.45) is 3.59. The maximum absolute atomic E-state index is 13.1. The minimum atomic E-state index is -0.282. The third kappa shape index (κ3) is 3.43. The average molecular weight is 387 g/mol. The molecule has 7 heteroatoms. The molecule has 1 N–H and O–H groups in total. The summed E-state index contributed by atoms with van der Waals surface area (Å²) in [7, 11) is 3.16. The van der Waals surface area contributed by atoms with E-state index in [1.165, 1.54) is 6.42 Å². The van der Waals surface area contributed by atoms with Gasteiger partial charge in [0.1, 0.15) is 11.5 Å². The number of carbonyl (C=O) groups excluding carboxylic acids is 2. The zero-order valence-corrected chi connectivity index (χ0v) is 16.7. The van der Waals surface area contributed by atoms with Crippen LogP contribution >= 0.6 is 0 Å². The van der Waals surface area contributed by atoms with Gasteiger partial charge in [0, 0.05) is 38.7 Å². The van der Waals surface area contributed by atoms with Crippen LogP contribution in [0.25, 0.3) is 0 Å². The molecule has 3 fully saturated rings. The third-order valence-corrected chi connectivity index (χ3v) is 6.62. The third-order valence-electron chi connectivity index (χ3n) is 6.62. The number of amides is 2. The fourth-order valence-electron chi connectivity index (χ4n) is 4.80. The summed E-state index contributed by atoms with van der Waals surface area (Å²) in [5.41, 5.74) is 1.07. The molecule has 152 valence electrons. The van der Waals surface area contributed by atoms with Crippen LogP contribution in [0.5, 0.6) is 11.5 Å². The summed E-state index contributed by atoms with van der Waals surface area (Å²) in [6, 6.07) is 5.39. The zero-order valence-electron chi connectivity index (χ0n) is 16.7. The molecular weight excluding hydrogens is 358 g/mol. The second-order valence-electron chi connectivity index (χ2n) is 8.20. The molecule has 1 aromatic carbocycles. The van der Waals surface area contributed by atoms with Gasteiger partial charge in [0.05, 0.1) is 25.8 Å². The zero-order chi connectivity index (χ0) is 19.7. The van der Waals surface area contributed by atoms with Crippen LogP contribution in [0.1, 0.15) is 25.7 Å². The van der Waals surface area contributed by atoms with E-state index in [1.54, 1.807) is 31.3 Å². The van der Waals surface area contributed by atoms with Crippen LogP contribution in [-0.2, 0) is 9.59 Å². The van der Waals surface area contributed by atoms with Crippen molar-refractivity contribution in [2.45, 2.75) is 25.7 Å². The molecule has 0 saturated carbocycles. The molecule has 2 amide bonds. The maximum Gasteiger partial charge on any atom is 0.228 e. The largest absolute Gasteiger partial charge is 0.497 e. The van der Waals surface area contributed by atoms with Gasteiger partial charge in [-0.25, -0.2) is 0 Å². The Morgan fingerprint density at radius 3 is 2.61 bits per heavy atom. The van der Waals surface area contributed by atoms with Gasteiger partial charge in [0.25, 0.3) is 0 Å². The second-order valence-corrected chi connectivity index (χ2v) is 8.20. The molecule has 1 atom stereocenters. The quantitative estimate of drug-likeness (QED) is 0.851. The standard InChI is InChI=1S/C21H29N3O4/c1-27-16-3-4-17(18(12-16)28-2)24-13-15(11-19(24)25)20(26)23-9-6-21(7-10-23)5-8-22-14-21/h3-4,12,15,22H,5-11,13-14H2,1-2H3. The van der Waals surface area contributed by atoms with Crippen molar-refractivity contribution in [2.24, 2.45) is 11.3 Å². The normalized spacial score (nSPS) is 24.1. The molecule has 3 aliphatic rings. The lowest BCUT2D eigenvalue weighted by atomic mass is 9.77. The van der Waals surface area contributed by atoms with E-state index in [0.29, 0.717) is 29.1 Å². The van der Waals surface area contributed by atoms with Crippen molar-refractivity contribution in [2.75, 3.05) is 51.8 Å². The first kappa shape index (κ1) is 19.1. The van der Waals surface area contributed by atoms with E-state index in [2.05, 4.69) is 5.32 Å². The highest BCUT2D eigenvalue weighted by molar-refractivity contribution is 6.01. The fraction of sp³-hybridized carbons (Fsp3) is 0.619. The molecule has 0 aliphatic carbocycles. The molecule has 7 nitrogen and oxygen atoms in total. The van der Waals surface area contributed by atoms with Crippen molar-refractivity contribution in [1.29, 1.82) is 0 Å². The van der Waals surface area contributed by atoms with Crippen LogP contribution in [0.2, 0.25) is 0 Å². The van der Waals surface area contributed by atoms with Gasteiger partial charge in [0.15, 0.2) is 0 Å². The Kier molecular flexibility index (Phi) is 5.19. The number of hydrogen-bond acceptors (Lipinski definition) is 5. The number of likely N-dealkylation sites (tertiary alicyclic amines) is 1. The number of carbonyl (C=O) groups is 2. The Labute approximate surface area is 166 Å². The van der Waals surface area contributed by atoms with E-state index in [1.807, 2.05) is 11.0 Å². The van der Waals surface area contributed by atoms with E-state index in [4.69, 9.17) is 9.47 Å². The molecule has 0 radical (unpaired) electrons. The lowest BCUT2D eigenvalue weighted by Gasteiger charge is -2.39. The Morgan fingerprint density at radius 2 is 1.96 bits per heavy atom. The highest BCUT2D eigenvalue weighted by Crippen LogP contribution is 2.39. The summed E-state index contributed by atoms with van der Waals surface area (Å²) >= 11 is 0. The van der Waals surface area contributed by atoms with E-state index in [9.17, 15) is 9.59 Å². The van der Waals surface area contributed by atoms with E-state index >= 15 is 0 Å². The fourth-order valence-corrected chi connectivity index (χ4v) is 4.80. The molecule has 4 rings (SSSR count). The minimum absolute atomic E-state index is 0.0321. The van der Waals surface area contributed by atoms with Crippen LogP contribution in [0, 0.1) is 11.3 Å². The maximum atomic E-state index is 13.1. The Hall–Kier alpha value is -2.28. The number of anilines is 1. The Balaban J connectivity index is 1.43. The molecule has 0 aromatic heterocycles. The van der Waals surface area contributed by atoms with E-state index < -0.39 is 0 Å². The highest BCUT2D eigenvalue weighted by atomic mass is 16.5. The lowest BCUT2D eigenvalue weighted by molar-refractivity contribution is -0.137. The first-order valence-corrected chi connectivity index (χ1v) is 10.1. The molecule has 3 aliphatic heterocycles. The molecule has 1 unspecified atom stereocenters. The topological polar surface area (TPSA) is 71.1 Å². The molecule has 1 aromatic rings. The molecule has 28 heavy (non-hydrogen) atoms. The summed E-state index contributed by atoms with van der Waals surface area (Å²) in [5, 5.41) is 3.46. The van der Waals surface area contributed by atoms with Gasteiger partial charge in [0.2, 0.25) is 11.8 Å². The smallest absolute Gasteiger partial charge is 0.228 e.